The molecule has 29 heavy (non-hydrogen) atoms. The van der Waals surface area contributed by atoms with E-state index >= 15 is 0 Å². The van der Waals surface area contributed by atoms with Crippen molar-refractivity contribution in [2.45, 2.75) is 19.3 Å². The Kier molecular flexibility index (Phi) is 3.12. The van der Waals surface area contributed by atoms with Gasteiger partial charge in [-0.25, -0.2) is 0 Å². The Morgan fingerprint density at radius 3 is 2.28 bits per heavy atom. The second-order valence-electron chi connectivity index (χ2n) is 8.40. The number of fused-ring (bicyclic) bond motifs is 7. The predicted octanol–water partition coefficient (Wildman–Crippen LogP) is 6.80. The summed E-state index contributed by atoms with van der Waals surface area (Å²) in [4.78, 5) is 0. The molecule has 0 amide bonds. The SMILES string of the molecule is CC1(C)c2ccccc2-c2c1cc(O)c1c2c2ccccc2n1-c1ccccc1. The van der Waals surface area contributed by atoms with Crippen LogP contribution in [0.2, 0.25) is 0 Å². The van der Waals surface area contributed by atoms with Gasteiger partial charge in [0, 0.05) is 21.9 Å². The summed E-state index contributed by atoms with van der Waals surface area (Å²) >= 11 is 0. The van der Waals surface area contributed by atoms with Gasteiger partial charge < -0.3 is 9.67 Å². The van der Waals surface area contributed by atoms with E-state index < -0.39 is 0 Å². The Hall–Kier alpha value is -3.52. The van der Waals surface area contributed by atoms with Crippen LogP contribution in [0.25, 0.3) is 38.6 Å². The van der Waals surface area contributed by atoms with Crippen LogP contribution in [0.1, 0.15) is 25.0 Å². The minimum atomic E-state index is -0.145. The average molecular weight is 375 g/mol. The highest BCUT2D eigenvalue weighted by atomic mass is 16.3. The van der Waals surface area contributed by atoms with Gasteiger partial charge in [0.15, 0.2) is 0 Å². The normalized spacial score (nSPS) is 14.3. The second-order valence-corrected chi connectivity index (χ2v) is 8.40. The van der Waals surface area contributed by atoms with E-state index in [-0.39, 0.29) is 5.41 Å². The number of nitrogens with zero attached hydrogens (tertiary/aromatic N) is 1. The van der Waals surface area contributed by atoms with E-state index in [2.05, 4.69) is 79.1 Å². The summed E-state index contributed by atoms with van der Waals surface area (Å²) in [7, 11) is 0. The fourth-order valence-corrected chi connectivity index (χ4v) is 5.16. The van der Waals surface area contributed by atoms with Gasteiger partial charge in [0.25, 0.3) is 0 Å². The standard InChI is InChI=1S/C27H21NO/c1-27(2)20-14-8-6-12-18(20)24-21(27)16-23(29)26-25(24)19-13-7-9-15-22(19)28(26)17-10-4-3-5-11-17/h3-16,29H,1-2H3. The van der Waals surface area contributed by atoms with E-state index in [1.165, 1.54) is 27.6 Å². The number of rotatable bonds is 1. The fraction of sp³-hybridized carbons (Fsp3) is 0.111. The summed E-state index contributed by atoms with van der Waals surface area (Å²) in [6.07, 6.45) is 0. The van der Waals surface area contributed by atoms with Crippen molar-refractivity contribution in [1.29, 1.82) is 0 Å². The Bertz CT molecular complexity index is 1420. The van der Waals surface area contributed by atoms with Gasteiger partial charge in [0.05, 0.1) is 11.0 Å². The zero-order valence-electron chi connectivity index (χ0n) is 16.5. The van der Waals surface area contributed by atoms with Gasteiger partial charge in [-0.1, -0.05) is 74.5 Å². The van der Waals surface area contributed by atoms with Crippen molar-refractivity contribution in [2.24, 2.45) is 0 Å². The summed E-state index contributed by atoms with van der Waals surface area (Å²) in [6, 6.07) is 29.4. The van der Waals surface area contributed by atoms with Crippen LogP contribution >= 0.6 is 0 Å². The molecule has 0 spiro atoms. The lowest BCUT2D eigenvalue weighted by atomic mass is 9.82. The van der Waals surface area contributed by atoms with Crippen LogP contribution in [-0.4, -0.2) is 9.67 Å². The lowest BCUT2D eigenvalue weighted by molar-refractivity contribution is 0.477. The zero-order valence-corrected chi connectivity index (χ0v) is 16.5. The number of benzene rings is 4. The maximum atomic E-state index is 11.3. The summed E-state index contributed by atoms with van der Waals surface area (Å²) in [5.74, 6) is 0.333. The molecule has 2 nitrogen and oxygen atoms in total. The van der Waals surface area contributed by atoms with Gasteiger partial charge in [0.1, 0.15) is 5.75 Å². The molecule has 1 aliphatic carbocycles. The molecule has 1 N–H and O–H groups in total. The molecule has 2 heteroatoms. The number of aromatic nitrogens is 1. The van der Waals surface area contributed by atoms with Gasteiger partial charge in [-0.15, -0.1) is 0 Å². The number of hydrogen-bond donors (Lipinski definition) is 1. The highest BCUT2D eigenvalue weighted by molar-refractivity contribution is 6.19. The molecule has 0 saturated heterocycles. The maximum absolute atomic E-state index is 11.3. The van der Waals surface area contributed by atoms with Gasteiger partial charge in [0.2, 0.25) is 0 Å². The lowest BCUT2D eigenvalue weighted by Gasteiger charge is -2.21. The molecule has 0 bridgehead atoms. The summed E-state index contributed by atoms with van der Waals surface area (Å²) in [5, 5.41) is 13.6. The molecule has 0 atom stereocenters. The Morgan fingerprint density at radius 1 is 0.759 bits per heavy atom. The number of para-hydroxylation sites is 2. The van der Waals surface area contributed by atoms with Crippen molar-refractivity contribution < 1.29 is 5.11 Å². The molecule has 0 radical (unpaired) electrons. The third-order valence-electron chi connectivity index (χ3n) is 6.48. The summed E-state index contributed by atoms with van der Waals surface area (Å²) in [5.41, 5.74) is 7.94. The molecule has 4 aromatic carbocycles. The number of aromatic hydroxyl groups is 1. The molecule has 5 aromatic rings. The third kappa shape index (κ3) is 2.01. The fourth-order valence-electron chi connectivity index (χ4n) is 5.16. The van der Waals surface area contributed by atoms with E-state index in [9.17, 15) is 5.11 Å². The van der Waals surface area contributed by atoms with E-state index in [1.54, 1.807) is 0 Å². The smallest absolute Gasteiger partial charge is 0.140 e. The van der Waals surface area contributed by atoms with Crippen molar-refractivity contribution in [2.75, 3.05) is 0 Å². The van der Waals surface area contributed by atoms with E-state index in [1.807, 2.05) is 24.3 Å². The first-order valence-electron chi connectivity index (χ1n) is 10.0. The highest BCUT2D eigenvalue weighted by Gasteiger charge is 2.38. The van der Waals surface area contributed by atoms with Crippen LogP contribution in [0.15, 0.2) is 84.9 Å². The van der Waals surface area contributed by atoms with Gasteiger partial charge in [-0.3, -0.25) is 0 Å². The lowest BCUT2D eigenvalue weighted by Crippen LogP contribution is -2.14. The van der Waals surface area contributed by atoms with Gasteiger partial charge in [-0.2, -0.15) is 0 Å². The first-order valence-corrected chi connectivity index (χ1v) is 10.0. The van der Waals surface area contributed by atoms with Gasteiger partial charge in [-0.05, 0) is 46.5 Å². The molecule has 0 fully saturated rings. The summed E-state index contributed by atoms with van der Waals surface area (Å²) in [6.45, 7) is 4.50. The van der Waals surface area contributed by atoms with Crippen molar-refractivity contribution in [1.82, 2.24) is 4.57 Å². The predicted molar refractivity (Wildman–Crippen MR) is 120 cm³/mol. The zero-order chi connectivity index (χ0) is 19.8. The first kappa shape index (κ1) is 16.4. The van der Waals surface area contributed by atoms with Crippen LogP contribution in [0.5, 0.6) is 5.75 Å². The second kappa shape index (κ2) is 5.51. The van der Waals surface area contributed by atoms with Crippen molar-refractivity contribution in [3.63, 3.8) is 0 Å². The molecule has 1 aromatic heterocycles. The van der Waals surface area contributed by atoms with Crippen molar-refractivity contribution >= 4 is 21.8 Å². The first-order chi connectivity index (χ1) is 14.1. The van der Waals surface area contributed by atoms with E-state index in [0.29, 0.717) is 5.75 Å². The summed E-state index contributed by atoms with van der Waals surface area (Å²) < 4.78 is 2.19. The van der Waals surface area contributed by atoms with Crippen LogP contribution in [0, 0.1) is 0 Å². The molecule has 140 valence electrons. The number of phenols is 1. The molecule has 0 unspecified atom stereocenters. The maximum Gasteiger partial charge on any atom is 0.140 e. The third-order valence-corrected chi connectivity index (χ3v) is 6.48. The average Bonchev–Trinajstić information content (AvgIpc) is 3.20. The Morgan fingerprint density at radius 2 is 1.45 bits per heavy atom. The van der Waals surface area contributed by atoms with Crippen LogP contribution in [0.4, 0.5) is 0 Å². The molecular weight excluding hydrogens is 354 g/mol. The molecule has 0 aliphatic heterocycles. The highest BCUT2D eigenvalue weighted by Crippen LogP contribution is 2.55. The molecular formula is C27H21NO. The van der Waals surface area contributed by atoms with Crippen LogP contribution in [-0.2, 0) is 5.41 Å². The van der Waals surface area contributed by atoms with Crippen LogP contribution in [0.3, 0.4) is 0 Å². The number of phenolic OH excluding ortho intramolecular Hbond substituents is 1. The van der Waals surface area contributed by atoms with E-state index in [4.69, 9.17) is 0 Å². The quantitative estimate of drug-likeness (QED) is 0.343. The molecule has 0 saturated carbocycles. The monoisotopic (exact) mass is 375 g/mol. The Labute approximate surface area is 169 Å². The number of hydrogen-bond acceptors (Lipinski definition) is 1. The van der Waals surface area contributed by atoms with Crippen molar-refractivity contribution in [3.8, 4) is 22.6 Å². The topological polar surface area (TPSA) is 25.2 Å². The minimum absolute atomic E-state index is 0.145. The van der Waals surface area contributed by atoms with E-state index in [0.717, 1.165) is 22.1 Å². The molecule has 1 heterocycles. The molecule has 6 rings (SSSR count). The minimum Gasteiger partial charge on any atom is -0.506 e. The Balaban J connectivity index is 1.89. The largest absolute Gasteiger partial charge is 0.506 e. The van der Waals surface area contributed by atoms with Crippen molar-refractivity contribution in [3.05, 3.63) is 96.1 Å². The van der Waals surface area contributed by atoms with Crippen LogP contribution < -0.4 is 0 Å². The molecule has 1 aliphatic rings. The van der Waals surface area contributed by atoms with Gasteiger partial charge >= 0.3 is 0 Å².